The Morgan fingerprint density at radius 1 is 1.62 bits per heavy atom. The summed E-state index contributed by atoms with van der Waals surface area (Å²) >= 11 is 0. The van der Waals surface area contributed by atoms with Gasteiger partial charge in [-0.2, -0.15) is 0 Å². The zero-order chi connectivity index (χ0) is 9.26. The lowest BCUT2D eigenvalue weighted by molar-refractivity contribution is 0.0962. The van der Waals surface area contributed by atoms with E-state index in [9.17, 15) is 4.79 Å². The van der Waals surface area contributed by atoms with Crippen LogP contribution in [-0.4, -0.2) is 10.8 Å². The average molecular weight is 175 g/mol. The van der Waals surface area contributed by atoms with E-state index >= 15 is 0 Å². The Balaban J connectivity index is 2.31. The summed E-state index contributed by atoms with van der Waals surface area (Å²) < 4.78 is 0. The van der Waals surface area contributed by atoms with E-state index < -0.39 is 0 Å². The number of carbonyl (C=O) groups excluding carboxylic acids is 1. The molecule has 0 amide bonds. The van der Waals surface area contributed by atoms with E-state index in [1.807, 2.05) is 12.1 Å². The summed E-state index contributed by atoms with van der Waals surface area (Å²) in [6.07, 6.45) is 4.70. The zero-order valence-corrected chi connectivity index (χ0v) is 7.79. The Labute approximate surface area is 78.0 Å². The van der Waals surface area contributed by atoms with Gasteiger partial charge in [0.05, 0.1) is 0 Å². The van der Waals surface area contributed by atoms with Crippen LogP contribution in [0.2, 0.25) is 0 Å². The lowest BCUT2D eigenvalue weighted by atomic mass is 10.1. The van der Waals surface area contributed by atoms with Crippen molar-refractivity contribution in [2.75, 3.05) is 0 Å². The summed E-state index contributed by atoms with van der Waals surface area (Å²) in [7, 11) is 0. The smallest absolute Gasteiger partial charge is 0.184 e. The van der Waals surface area contributed by atoms with Crippen molar-refractivity contribution in [3.8, 4) is 0 Å². The third-order valence-electron chi connectivity index (χ3n) is 2.45. The van der Waals surface area contributed by atoms with Crippen LogP contribution < -0.4 is 0 Å². The van der Waals surface area contributed by atoms with Gasteiger partial charge in [-0.15, -0.1) is 0 Å². The van der Waals surface area contributed by atoms with Gasteiger partial charge in [-0.3, -0.25) is 9.78 Å². The van der Waals surface area contributed by atoms with Crippen molar-refractivity contribution >= 4 is 5.78 Å². The minimum absolute atomic E-state index is 0.248. The van der Waals surface area contributed by atoms with Gasteiger partial charge in [0, 0.05) is 12.1 Å². The minimum atomic E-state index is 0.248. The third kappa shape index (κ3) is 1.62. The summed E-state index contributed by atoms with van der Waals surface area (Å²) in [5, 5.41) is 0. The second-order valence-electron chi connectivity index (χ2n) is 3.50. The van der Waals surface area contributed by atoms with E-state index in [4.69, 9.17) is 0 Å². The van der Waals surface area contributed by atoms with Crippen LogP contribution in [0.3, 0.4) is 0 Å². The van der Waals surface area contributed by atoms with Crippen molar-refractivity contribution in [2.45, 2.75) is 26.2 Å². The number of Topliss-reactive ketones (excluding diaryl/α,β-unsaturated/α-hetero) is 1. The lowest BCUT2D eigenvalue weighted by Crippen LogP contribution is -2.07. The normalized spacial score (nSPS) is 15.8. The van der Waals surface area contributed by atoms with E-state index in [-0.39, 0.29) is 11.7 Å². The third-order valence-corrected chi connectivity index (χ3v) is 2.45. The van der Waals surface area contributed by atoms with Crippen molar-refractivity contribution < 1.29 is 4.79 Å². The number of hydrogen-bond donors (Lipinski definition) is 0. The van der Waals surface area contributed by atoms with Gasteiger partial charge >= 0.3 is 0 Å². The largest absolute Gasteiger partial charge is 0.292 e. The highest BCUT2D eigenvalue weighted by Crippen LogP contribution is 2.32. The molecule has 0 N–H and O–H groups in total. The van der Waals surface area contributed by atoms with Gasteiger partial charge in [0.15, 0.2) is 5.78 Å². The maximum absolute atomic E-state index is 11.7. The van der Waals surface area contributed by atoms with Crippen LogP contribution >= 0.6 is 0 Å². The number of hydrogen-bond acceptors (Lipinski definition) is 2. The number of ketones is 1. The predicted molar refractivity (Wildman–Crippen MR) is 50.7 cm³/mol. The van der Waals surface area contributed by atoms with E-state index in [1.165, 1.54) is 0 Å². The Morgan fingerprint density at radius 2 is 2.38 bits per heavy atom. The number of rotatable bonds is 3. The van der Waals surface area contributed by atoms with Crippen LogP contribution in [0.5, 0.6) is 0 Å². The molecular formula is C11H13NO. The SMILES string of the molecule is CCc1cccnc1C(=O)C1CC1. The molecule has 1 saturated carbocycles. The maximum Gasteiger partial charge on any atom is 0.184 e. The van der Waals surface area contributed by atoms with Gasteiger partial charge < -0.3 is 0 Å². The van der Waals surface area contributed by atoms with Crippen molar-refractivity contribution in [3.05, 3.63) is 29.6 Å². The molecule has 1 aromatic heterocycles. The molecule has 0 aromatic carbocycles. The van der Waals surface area contributed by atoms with Crippen molar-refractivity contribution in [1.29, 1.82) is 0 Å². The Kier molecular flexibility index (Phi) is 2.13. The van der Waals surface area contributed by atoms with Crippen LogP contribution in [0, 0.1) is 5.92 Å². The summed E-state index contributed by atoms with van der Waals surface area (Å²) in [6.45, 7) is 2.06. The molecule has 0 unspecified atom stereocenters. The first kappa shape index (κ1) is 8.42. The Morgan fingerprint density at radius 3 is 3.00 bits per heavy atom. The second kappa shape index (κ2) is 3.29. The fourth-order valence-corrected chi connectivity index (χ4v) is 1.48. The zero-order valence-electron chi connectivity index (χ0n) is 7.79. The molecule has 2 rings (SSSR count). The number of nitrogens with zero attached hydrogens (tertiary/aromatic N) is 1. The van der Waals surface area contributed by atoms with Crippen molar-refractivity contribution in [1.82, 2.24) is 4.98 Å². The first-order chi connectivity index (χ1) is 6.33. The molecule has 1 fully saturated rings. The number of aryl methyl sites for hydroxylation is 1. The highest BCUT2D eigenvalue weighted by molar-refractivity contribution is 5.98. The van der Waals surface area contributed by atoms with E-state index in [1.54, 1.807) is 6.20 Å². The predicted octanol–water partition coefficient (Wildman–Crippen LogP) is 2.24. The van der Waals surface area contributed by atoms with Gasteiger partial charge in [-0.25, -0.2) is 0 Å². The van der Waals surface area contributed by atoms with Crippen LogP contribution in [-0.2, 0) is 6.42 Å². The summed E-state index contributed by atoms with van der Waals surface area (Å²) in [5.74, 6) is 0.526. The Hall–Kier alpha value is -1.18. The van der Waals surface area contributed by atoms with Gasteiger partial charge in [-0.1, -0.05) is 13.0 Å². The summed E-state index contributed by atoms with van der Waals surface area (Å²) in [6, 6.07) is 3.88. The first-order valence-corrected chi connectivity index (χ1v) is 4.81. The minimum Gasteiger partial charge on any atom is -0.292 e. The first-order valence-electron chi connectivity index (χ1n) is 4.81. The molecule has 0 aliphatic heterocycles. The molecule has 2 nitrogen and oxygen atoms in total. The molecule has 0 spiro atoms. The highest BCUT2D eigenvalue weighted by Gasteiger charge is 2.32. The van der Waals surface area contributed by atoms with Crippen LogP contribution in [0.4, 0.5) is 0 Å². The van der Waals surface area contributed by atoms with E-state index in [0.29, 0.717) is 5.69 Å². The van der Waals surface area contributed by atoms with Crippen LogP contribution in [0.1, 0.15) is 35.8 Å². The van der Waals surface area contributed by atoms with Crippen molar-refractivity contribution in [2.24, 2.45) is 5.92 Å². The molecule has 1 aliphatic rings. The van der Waals surface area contributed by atoms with Gasteiger partial charge in [0.25, 0.3) is 0 Å². The van der Waals surface area contributed by atoms with Gasteiger partial charge in [-0.05, 0) is 30.9 Å². The number of pyridine rings is 1. The van der Waals surface area contributed by atoms with Gasteiger partial charge in [0.2, 0.25) is 0 Å². The second-order valence-corrected chi connectivity index (χ2v) is 3.50. The molecule has 0 saturated heterocycles. The molecule has 1 heterocycles. The molecule has 13 heavy (non-hydrogen) atoms. The molecule has 0 bridgehead atoms. The summed E-state index contributed by atoms with van der Waals surface area (Å²) in [5.41, 5.74) is 1.78. The molecule has 68 valence electrons. The fourth-order valence-electron chi connectivity index (χ4n) is 1.48. The summed E-state index contributed by atoms with van der Waals surface area (Å²) in [4.78, 5) is 15.9. The van der Waals surface area contributed by atoms with Crippen molar-refractivity contribution in [3.63, 3.8) is 0 Å². The lowest BCUT2D eigenvalue weighted by Gasteiger charge is -2.03. The monoisotopic (exact) mass is 175 g/mol. The molecule has 1 aliphatic carbocycles. The van der Waals surface area contributed by atoms with Crippen LogP contribution in [0.25, 0.3) is 0 Å². The number of aromatic nitrogens is 1. The van der Waals surface area contributed by atoms with Crippen LogP contribution in [0.15, 0.2) is 18.3 Å². The fraction of sp³-hybridized carbons (Fsp3) is 0.455. The molecular weight excluding hydrogens is 162 g/mol. The highest BCUT2D eigenvalue weighted by atomic mass is 16.1. The topological polar surface area (TPSA) is 30.0 Å². The molecule has 1 aromatic rings. The quantitative estimate of drug-likeness (QED) is 0.659. The molecule has 0 atom stereocenters. The standard InChI is InChI=1S/C11H13NO/c1-2-8-4-3-7-12-10(8)11(13)9-5-6-9/h3-4,7,9H,2,5-6H2,1H3. The number of carbonyl (C=O) groups is 1. The van der Waals surface area contributed by atoms with E-state index in [2.05, 4.69) is 11.9 Å². The van der Waals surface area contributed by atoms with E-state index in [0.717, 1.165) is 24.8 Å². The molecule has 2 heteroatoms. The maximum atomic E-state index is 11.7. The average Bonchev–Trinajstić information content (AvgIpc) is 3.00. The van der Waals surface area contributed by atoms with Gasteiger partial charge in [0.1, 0.15) is 5.69 Å². The Bertz CT molecular complexity index is 329. The molecule has 0 radical (unpaired) electrons.